The molecule has 1 N–H and O–H groups in total. The van der Waals surface area contributed by atoms with Crippen molar-refractivity contribution in [2.24, 2.45) is 0 Å². The minimum atomic E-state index is -0.426. The molecule has 6 heteroatoms. The van der Waals surface area contributed by atoms with Crippen LogP contribution in [0.5, 0.6) is 0 Å². The number of carbonyl (C=O) groups excluding carboxylic acids is 1. The van der Waals surface area contributed by atoms with Crippen molar-refractivity contribution >= 4 is 5.91 Å². The van der Waals surface area contributed by atoms with Gasteiger partial charge in [-0.2, -0.15) is 4.98 Å². The maximum absolute atomic E-state index is 12.9. The Kier molecular flexibility index (Phi) is 5.19. The first-order valence-corrected chi connectivity index (χ1v) is 6.79. The molecule has 0 saturated heterocycles. The molecule has 22 heavy (non-hydrogen) atoms. The Labute approximate surface area is 127 Å². The summed E-state index contributed by atoms with van der Waals surface area (Å²) in [6.45, 7) is 3.60. The van der Waals surface area contributed by atoms with E-state index in [-0.39, 0.29) is 17.6 Å². The lowest BCUT2D eigenvalue weighted by atomic mass is 10.2. The Morgan fingerprint density at radius 1 is 1.32 bits per heavy atom. The van der Waals surface area contributed by atoms with Gasteiger partial charge in [0.05, 0.1) is 0 Å². The van der Waals surface area contributed by atoms with Gasteiger partial charge in [0.25, 0.3) is 0 Å². The van der Waals surface area contributed by atoms with E-state index in [9.17, 15) is 9.18 Å². The van der Waals surface area contributed by atoms with Crippen molar-refractivity contribution in [3.63, 3.8) is 0 Å². The van der Waals surface area contributed by atoms with E-state index < -0.39 is 6.04 Å². The van der Waals surface area contributed by atoms with E-state index in [2.05, 4.69) is 15.5 Å². The summed E-state index contributed by atoms with van der Waals surface area (Å²) in [4.78, 5) is 15.9. The molecule has 0 aliphatic heterocycles. The molecule has 2 rings (SSSR count). The second-order valence-electron chi connectivity index (χ2n) is 4.58. The Hall–Kier alpha value is -2.76. The largest absolute Gasteiger partial charge is 0.341 e. The van der Waals surface area contributed by atoms with Gasteiger partial charge in [-0.05, 0) is 38.1 Å². The summed E-state index contributed by atoms with van der Waals surface area (Å²) in [5.41, 5.74) is 0.642. The van der Waals surface area contributed by atoms with E-state index in [1.54, 1.807) is 31.2 Å². The van der Waals surface area contributed by atoms with Crippen LogP contribution in [0.4, 0.5) is 4.39 Å². The number of rotatable bonds is 5. The predicted molar refractivity (Wildman–Crippen MR) is 80.2 cm³/mol. The van der Waals surface area contributed by atoms with E-state index in [4.69, 9.17) is 4.52 Å². The smallest absolute Gasteiger partial charge is 0.249 e. The van der Waals surface area contributed by atoms with Gasteiger partial charge < -0.3 is 9.84 Å². The van der Waals surface area contributed by atoms with E-state index in [1.807, 2.05) is 13.0 Å². The van der Waals surface area contributed by atoms with Crippen molar-refractivity contribution in [3.8, 4) is 11.4 Å². The number of benzene rings is 1. The summed E-state index contributed by atoms with van der Waals surface area (Å²) in [6, 6.07) is 5.34. The molecule has 0 bridgehead atoms. The molecule has 0 aliphatic rings. The average molecular weight is 301 g/mol. The highest BCUT2D eigenvalue weighted by atomic mass is 19.1. The van der Waals surface area contributed by atoms with Gasteiger partial charge in [0.1, 0.15) is 11.9 Å². The van der Waals surface area contributed by atoms with Gasteiger partial charge in [-0.1, -0.05) is 23.4 Å². The van der Waals surface area contributed by atoms with Crippen molar-refractivity contribution in [1.82, 2.24) is 15.5 Å². The van der Waals surface area contributed by atoms with Crippen LogP contribution in [0.25, 0.3) is 11.4 Å². The zero-order valence-corrected chi connectivity index (χ0v) is 12.3. The average Bonchev–Trinajstić information content (AvgIpc) is 2.98. The molecule has 0 spiro atoms. The maximum atomic E-state index is 12.9. The summed E-state index contributed by atoms with van der Waals surface area (Å²) in [7, 11) is 0. The number of aromatic nitrogens is 2. The standard InChI is InChI=1S/C16H16FN3O2/c1-3-4-5-6-14(21)18-11(2)16-19-15(20-22-16)12-7-9-13(17)10-8-12/h3-11H,1-2H3,(H,18,21)/b4-3+,6-5+/t11-/m0/s1. The number of hydrogen-bond acceptors (Lipinski definition) is 4. The van der Waals surface area contributed by atoms with Crippen LogP contribution in [-0.2, 0) is 4.79 Å². The molecule has 5 nitrogen and oxygen atoms in total. The number of allylic oxidation sites excluding steroid dienone is 3. The van der Waals surface area contributed by atoms with E-state index in [0.29, 0.717) is 11.4 Å². The molecular formula is C16H16FN3O2. The number of nitrogens with one attached hydrogen (secondary N) is 1. The van der Waals surface area contributed by atoms with Crippen LogP contribution >= 0.6 is 0 Å². The summed E-state index contributed by atoms with van der Waals surface area (Å²) in [5.74, 6) is 0.0424. The van der Waals surface area contributed by atoms with Gasteiger partial charge in [-0.25, -0.2) is 4.39 Å². The van der Waals surface area contributed by atoms with Crippen LogP contribution in [0.2, 0.25) is 0 Å². The normalized spacial score (nSPS) is 12.9. The summed E-state index contributed by atoms with van der Waals surface area (Å²) in [6.07, 6.45) is 6.62. The fourth-order valence-corrected chi connectivity index (χ4v) is 1.70. The molecule has 1 aromatic heterocycles. The van der Waals surface area contributed by atoms with Gasteiger partial charge in [-0.3, -0.25) is 4.79 Å². The fraction of sp³-hybridized carbons (Fsp3) is 0.188. The number of carbonyl (C=O) groups is 1. The lowest BCUT2D eigenvalue weighted by Gasteiger charge is -2.06. The molecule has 2 aromatic rings. The summed E-state index contributed by atoms with van der Waals surface area (Å²) >= 11 is 0. The van der Waals surface area contributed by atoms with Crippen LogP contribution in [-0.4, -0.2) is 16.0 Å². The third-order valence-electron chi connectivity index (χ3n) is 2.82. The molecule has 0 fully saturated rings. The van der Waals surface area contributed by atoms with E-state index >= 15 is 0 Å². The molecule has 1 atom stereocenters. The molecule has 1 heterocycles. The third kappa shape index (κ3) is 4.12. The Morgan fingerprint density at radius 3 is 2.73 bits per heavy atom. The van der Waals surface area contributed by atoms with Crippen LogP contribution in [0, 0.1) is 5.82 Å². The highest BCUT2D eigenvalue weighted by molar-refractivity contribution is 5.87. The fourth-order valence-electron chi connectivity index (χ4n) is 1.70. The van der Waals surface area contributed by atoms with Crippen molar-refractivity contribution in [2.75, 3.05) is 0 Å². The highest BCUT2D eigenvalue weighted by Crippen LogP contribution is 2.18. The molecule has 0 aliphatic carbocycles. The minimum Gasteiger partial charge on any atom is -0.341 e. The third-order valence-corrected chi connectivity index (χ3v) is 2.82. The topological polar surface area (TPSA) is 68.0 Å². The number of amides is 1. The first kappa shape index (κ1) is 15.6. The quantitative estimate of drug-likeness (QED) is 0.680. The molecule has 0 radical (unpaired) electrons. The first-order chi connectivity index (χ1) is 10.6. The van der Waals surface area contributed by atoms with Crippen molar-refractivity contribution in [2.45, 2.75) is 19.9 Å². The zero-order valence-electron chi connectivity index (χ0n) is 12.3. The second-order valence-corrected chi connectivity index (χ2v) is 4.58. The number of hydrogen-bond donors (Lipinski definition) is 1. The predicted octanol–water partition coefficient (Wildman–Crippen LogP) is 3.19. The molecule has 114 valence electrons. The molecule has 1 aromatic carbocycles. The van der Waals surface area contributed by atoms with E-state index in [1.165, 1.54) is 18.2 Å². The van der Waals surface area contributed by atoms with E-state index in [0.717, 1.165) is 0 Å². The monoisotopic (exact) mass is 301 g/mol. The minimum absolute atomic E-state index is 0.257. The van der Waals surface area contributed by atoms with Gasteiger partial charge in [0.2, 0.25) is 17.6 Å². The summed E-state index contributed by atoms with van der Waals surface area (Å²) < 4.78 is 18.0. The number of nitrogens with zero attached hydrogens (tertiary/aromatic N) is 2. The first-order valence-electron chi connectivity index (χ1n) is 6.79. The van der Waals surface area contributed by atoms with Gasteiger partial charge in [0, 0.05) is 11.6 Å². The van der Waals surface area contributed by atoms with Crippen LogP contribution in [0.15, 0.2) is 53.1 Å². The van der Waals surface area contributed by atoms with Crippen molar-refractivity contribution in [3.05, 3.63) is 60.3 Å². The lowest BCUT2D eigenvalue weighted by molar-refractivity contribution is -0.117. The van der Waals surface area contributed by atoms with Crippen LogP contribution in [0.3, 0.4) is 0 Å². The Balaban J connectivity index is 2.04. The molecule has 0 unspecified atom stereocenters. The van der Waals surface area contributed by atoms with Gasteiger partial charge in [0.15, 0.2) is 0 Å². The second kappa shape index (κ2) is 7.31. The summed E-state index contributed by atoms with van der Waals surface area (Å²) in [5, 5.41) is 6.54. The van der Waals surface area contributed by atoms with Crippen molar-refractivity contribution < 1.29 is 13.7 Å². The zero-order chi connectivity index (χ0) is 15.9. The van der Waals surface area contributed by atoms with Crippen LogP contribution in [0.1, 0.15) is 25.8 Å². The van der Waals surface area contributed by atoms with Crippen molar-refractivity contribution in [1.29, 1.82) is 0 Å². The lowest BCUT2D eigenvalue weighted by Crippen LogP contribution is -2.24. The molecule has 0 saturated carbocycles. The molecular weight excluding hydrogens is 285 g/mol. The highest BCUT2D eigenvalue weighted by Gasteiger charge is 2.16. The Bertz CT molecular complexity index is 690. The van der Waals surface area contributed by atoms with Crippen LogP contribution < -0.4 is 5.32 Å². The SMILES string of the molecule is C/C=C/C=C/C(=O)N[C@@H](C)c1nc(-c2ccc(F)cc2)no1. The van der Waals surface area contributed by atoms with Gasteiger partial charge >= 0.3 is 0 Å². The molecule has 1 amide bonds. The van der Waals surface area contributed by atoms with Gasteiger partial charge in [-0.15, -0.1) is 0 Å². The Morgan fingerprint density at radius 2 is 2.05 bits per heavy atom. The number of halogens is 1. The maximum Gasteiger partial charge on any atom is 0.249 e.